The normalized spacial score (nSPS) is 11.4. The largest absolute Gasteiger partial charge is 0.478 e. The van der Waals surface area contributed by atoms with Gasteiger partial charge in [-0.2, -0.15) is 0 Å². The van der Waals surface area contributed by atoms with Gasteiger partial charge in [0.2, 0.25) is 0 Å². The first-order valence-electron chi connectivity index (χ1n) is 8.64. The van der Waals surface area contributed by atoms with Crippen LogP contribution >= 0.6 is 12.4 Å². The number of hydrogen-bond donors (Lipinski definition) is 2. The molecular formula is C20H25ClN4O4. The van der Waals surface area contributed by atoms with Crippen LogP contribution in [0.1, 0.15) is 29.8 Å². The van der Waals surface area contributed by atoms with Crippen molar-refractivity contribution in [2.24, 2.45) is 10.8 Å². The van der Waals surface area contributed by atoms with Gasteiger partial charge in [-0.1, -0.05) is 55.4 Å². The maximum Gasteiger partial charge on any atom is 0.335 e. The topological polar surface area (TPSA) is 138 Å². The van der Waals surface area contributed by atoms with Gasteiger partial charge in [-0.05, 0) is 40.8 Å². The number of esters is 1. The quantitative estimate of drug-likeness (QED) is 0.311. The Morgan fingerprint density at radius 3 is 2.00 bits per heavy atom. The lowest BCUT2D eigenvalue weighted by atomic mass is 10.0. The summed E-state index contributed by atoms with van der Waals surface area (Å²) in [5.74, 6) is -1.47. The smallest absolute Gasteiger partial charge is 0.335 e. The van der Waals surface area contributed by atoms with Crippen LogP contribution in [-0.2, 0) is 16.0 Å². The molecule has 2 aromatic carbocycles. The second kappa shape index (κ2) is 13.2. The summed E-state index contributed by atoms with van der Waals surface area (Å²) in [6, 6.07) is 13.8. The number of nitrogens with zero attached hydrogens (tertiary/aromatic N) is 3. The van der Waals surface area contributed by atoms with Crippen molar-refractivity contribution in [2.45, 2.75) is 32.4 Å². The first-order chi connectivity index (χ1) is 13.3. The van der Waals surface area contributed by atoms with Crippen LogP contribution in [0.5, 0.6) is 0 Å². The molecule has 3 N–H and O–H groups in total. The van der Waals surface area contributed by atoms with Crippen LogP contribution in [0.15, 0.2) is 53.6 Å². The molecule has 0 spiro atoms. The Kier molecular flexibility index (Phi) is 11.8. The fraction of sp³-hybridized carbons (Fsp3) is 0.300. The zero-order chi connectivity index (χ0) is 21.1. The molecular weight excluding hydrogens is 396 g/mol. The van der Waals surface area contributed by atoms with Crippen LogP contribution in [0, 0.1) is 0 Å². The van der Waals surface area contributed by atoms with Gasteiger partial charge >= 0.3 is 11.9 Å². The third-order valence-corrected chi connectivity index (χ3v) is 4.05. The van der Waals surface area contributed by atoms with Crippen molar-refractivity contribution in [2.75, 3.05) is 7.11 Å². The summed E-state index contributed by atoms with van der Waals surface area (Å²) >= 11 is 0. The molecule has 0 saturated carbocycles. The molecule has 2 aromatic rings. The summed E-state index contributed by atoms with van der Waals surface area (Å²) in [5.41, 5.74) is 17.1. The first-order valence-corrected chi connectivity index (χ1v) is 8.64. The van der Waals surface area contributed by atoms with E-state index < -0.39 is 24.0 Å². The number of carbonyl (C=O) groups excluding carboxylic acids is 1. The monoisotopic (exact) mass is 420 g/mol. The highest BCUT2D eigenvalue weighted by atomic mass is 35.5. The highest BCUT2D eigenvalue weighted by Gasteiger charge is 2.19. The Labute approximate surface area is 175 Å². The van der Waals surface area contributed by atoms with E-state index in [1.807, 2.05) is 12.1 Å². The number of aryl methyl sites for hydroxylation is 1. The SMILES string of the molecule is CCc1ccc(-c2ccc(C(=O)O)cc2)cc1.COC(=O)[C@@H](N)[C@@H](C)N=[N+]=[N-].Cl. The molecule has 0 unspecified atom stereocenters. The number of rotatable bonds is 6. The predicted molar refractivity (Wildman–Crippen MR) is 114 cm³/mol. The van der Waals surface area contributed by atoms with Crippen molar-refractivity contribution in [1.29, 1.82) is 0 Å². The van der Waals surface area contributed by atoms with E-state index in [0.29, 0.717) is 5.56 Å². The molecule has 2 atom stereocenters. The van der Waals surface area contributed by atoms with Crippen molar-refractivity contribution in [3.63, 3.8) is 0 Å². The first kappa shape index (κ1) is 25.9. The molecule has 0 aliphatic carbocycles. The van der Waals surface area contributed by atoms with E-state index in [1.54, 1.807) is 19.1 Å². The van der Waals surface area contributed by atoms with Gasteiger partial charge in [-0.15, -0.1) is 12.4 Å². The zero-order valence-corrected chi connectivity index (χ0v) is 17.3. The van der Waals surface area contributed by atoms with E-state index in [9.17, 15) is 9.59 Å². The number of methoxy groups -OCH3 is 1. The van der Waals surface area contributed by atoms with E-state index in [1.165, 1.54) is 12.7 Å². The van der Waals surface area contributed by atoms with Crippen LogP contribution in [0.25, 0.3) is 21.6 Å². The van der Waals surface area contributed by atoms with Gasteiger partial charge in [-0.25, -0.2) is 4.79 Å². The lowest BCUT2D eigenvalue weighted by Gasteiger charge is -2.11. The number of carbonyl (C=O) groups is 2. The molecule has 8 nitrogen and oxygen atoms in total. The number of hydrogen-bond acceptors (Lipinski definition) is 5. The molecule has 0 fully saturated rings. The van der Waals surface area contributed by atoms with Crippen molar-refractivity contribution >= 4 is 24.3 Å². The van der Waals surface area contributed by atoms with Gasteiger partial charge in [0.05, 0.1) is 18.7 Å². The highest BCUT2D eigenvalue weighted by molar-refractivity contribution is 5.88. The van der Waals surface area contributed by atoms with E-state index in [-0.39, 0.29) is 12.4 Å². The van der Waals surface area contributed by atoms with Crippen LogP contribution in [-0.4, -0.2) is 36.2 Å². The average Bonchev–Trinajstić information content (AvgIpc) is 2.73. The third-order valence-electron chi connectivity index (χ3n) is 4.05. The van der Waals surface area contributed by atoms with E-state index in [2.05, 4.69) is 46.0 Å². The van der Waals surface area contributed by atoms with Crippen LogP contribution in [0.2, 0.25) is 0 Å². The maximum atomic E-state index is 10.7. The molecule has 0 heterocycles. The number of carboxylic acid groups (broad SMARTS) is 1. The third kappa shape index (κ3) is 8.23. The van der Waals surface area contributed by atoms with Gasteiger partial charge in [0.15, 0.2) is 0 Å². The van der Waals surface area contributed by atoms with Crippen molar-refractivity contribution < 1.29 is 19.4 Å². The lowest BCUT2D eigenvalue weighted by molar-refractivity contribution is -0.142. The van der Waals surface area contributed by atoms with Gasteiger partial charge in [0, 0.05) is 4.91 Å². The minimum absolute atomic E-state index is 0. The van der Waals surface area contributed by atoms with Gasteiger partial charge in [0.25, 0.3) is 0 Å². The molecule has 9 heteroatoms. The number of halogens is 1. The standard InChI is InChI=1S/C15H14O2.C5H10N4O2.ClH/c1-2-11-3-5-12(6-4-11)13-7-9-14(10-8-13)15(16)17;1-3(8-9-7)4(6)5(10)11-2;/h3-10H,2H2,1H3,(H,16,17);3-4H,6H2,1-2H3;1H/t;3-,4+;/m.1./s1. The number of azide groups is 1. The van der Waals surface area contributed by atoms with E-state index in [4.69, 9.17) is 16.4 Å². The zero-order valence-electron chi connectivity index (χ0n) is 16.5. The molecule has 0 bridgehead atoms. The van der Waals surface area contributed by atoms with Crippen molar-refractivity contribution in [3.05, 3.63) is 70.1 Å². The van der Waals surface area contributed by atoms with Gasteiger partial charge < -0.3 is 15.6 Å². The van der Waals surface area contributed by atoms with Crippen LogP contribution in [0.4, 0.5) is 0 Å². The second-order valence-corrected chi connectivity index (χ2v) is 5.93. The Balaban J connectivity index is 0.000000576. The number of nitrogens with two attached hydrogens (primary N) is 1. The summed E-state index contributed by atoms with van der Waals surface area (Å²) in [5, 5.41) is 12.1. The average molecular weight is 421 g/mol. The maximum absolute atomic E-state index is 10.7. The molecule has 0 saturated heterocycles. The number of carboxylic acids is 1. The lowest BCUT2D eigenvalue weighted by Crippen LogP contribution is -2.39. The van der Waals surface area contributed by atoms with Crippen molar-refractivity contribution in [1.82, 2.24) is 0 Å². The molecule has 0 aliphatic rings. The minimum atomic E-state index is -0.891. The summed E-state index contributed by atoms with van der Waals surface area (Å²) in [7, 11) is 1.23. The van der Waals surface area contributed by atoms with E-state index >= 15 is 0 Å². The molecule has 0 amide bonds. The minimum Gasteiger partial charge on any atom is -0.478 e. The van der Waals surface area contributed by atoms with E-state index in [0.717, 1.165) is 17.5 Å². The number of benzene rings is 2. The van der Waals surface area contributed by atoms with Crippen LogP contribution < -0.4 is 5.73 Å². The highest BCUT2D eigenvalue weighted by Crippen LogP contribution is 2.20. The molecule has 0 radical (unpaired) electrons. The Morgan fingerprint density at radius 2 is 1.62 bits per heavy atom. The molecule has 0 aliphatic heterocycles. The van der Waals surface area contributed by atoms with Gasteiger partial charge in [-0.3, -0.25) is 4.79 Å². The molecule has 2 rings (SSSR count). The summed E-state index contributed by atoms with van der Waals surface area (Å²) < 4.78 is 4.33. The predicted octanol–water partition coefficient (Wildman–Crippen LogP) is 4.22. The summed E-state index contributed by atoms with van der Waals surface area (Å²) in [6.45, 7) is 3.66. The summed E-state index contributed by atoms with van der Waals surface area (Å²) in [6.07, 6.45) is 1.03. The Morgan fingerprint density at radius 1 is 1.14 bits per heavy atom. The Bertz CT molecular complexity index is 835. The number of aromatic carboxylic acids is 1. The Hall–Kier alpha value is -3.06. The fourth-order valence-corrected chi connectivity index (χ4v) is 2.22. The summed E-state index contributed by atoms with van der Waals surface area (Å²) in [4.78, 5) is 23.9. The second-order valence-electron chi connectivity index (χ2n) is 5.93. The molecule has 29 heavy (non-hydrogen) atoms. The number of ether oxygens (including phenoxy) is 1. The fourth-order valence-electron chi connectivity index (χ4n) is 2.22. The van der Waals surface area contributed by atoms with Gasteiger partial charge in [0.1, 0.15) is 6.04 Å². The van der Waals surface area contributed by atoms with Crippen LogP contribution in [0.3, 0.4) is 0 Å². The van der Waals surface area contributed by atoms with Crippen molar-refractivity contribution in [3.8, 4) is 11.1 Å². The molecule has 0 aromatic heterocycles. The molecule has 156 valence electrons.